The zero-order valence-electron chi connectivity index (χ0n) is 14.3. The molecule has 25 heavy (non-hydrogen) atoms. The number of carbonyl (C=O) groups is 1. The number of nitrogens with zero attached hydrogens (tertiary/aromatic N) is 1. The Hall–Kier alpha value is -2.68. The lowest BCUT2D eigenvalue weighted by atomic mass is 9.90. The van der Waals surface area contributed by atoms with Gasteiger partial charge in [-0.05, 0) is 60.9 Å². The molecule has 3 nitrogen and oxygen atoms in total. The smallest absolute Gasteiger partial charge is 0.224 e. The first kappa shape index (κ1) is 15.8. The summed E-state index contributed by atoms with van der Waals surface area (Å²) in [5.74, 6) is 0.0369. The summed E-state index contributed by atoms with van der Waals surface area (Å²) >= 11 is 0. The Morgan fingerprint density at radius 1 is 1.00 bits per heavy atom. The maximum absolute atomic E-state index is 12.3. The molecule has 0 radical (unpaired) electrons. The van der Waals surface area contributed by atoms with Gasteiger partial charge in [0, 0.05) is 11.8 Å². The second-order valence-corrected chi connectivity index (χ2v) is 6.78. The Bertz CT molecular complexity index is 917. The van der Waals surface area contributed by atoms with Crippen molar-refractivity contribution in [3.63, 3.8) is 0 Å². The van der Waals surface area contributed by atoms with Crippen LogP contribution in [0.4, 0.5) is 5.69 Å². The highest BCUT2D eigenvalue weighted by atomic mass is 16.1. The first-order valence-corrected chi connectivity index (χ1v) is 9.03. The van der Waals surface area contributed by atoms with E-state index < -0.39 is 0 Å². The van der Waals surface area contributed by atoms with Crippen LogP contribution in [0.5, 0.6) is 0 Å². The van der Waals surface area contributed by atoms with Crippen LogP contribution in [0.15, 0.2) is 54.7 Å². The van der Waals surface area contributed by atoms with Crippen LogP contribution in [0.3, 0.4) is 0 Å². The fourth-order valence-electron chi connectivity index (χ4n) is 3.56. The molecule has 4 rings (SSSR count). The molecule has 1 aromatic heterocycles. The monoisotopic (exact) mass is 330 g/mol. The summed E-state index contributed by atoms with van der Waals surface area (Å²) in [4.78, 5) is 16.7. The van der Waals surface area contributed by atoms with Gasteiger partial charge in [0.2, 0.25) is 5.91 Å². The summed E-state index contributed by atoms with van der Waals surface area (Å²) in [6, 6.07) is 16.6. The highest BCUT2D eigenvalue weighted by molar-refractivity contribution is 5.93. The summed E-state index contributed by atoms with van der Waals surface area (Å²) in [6.45, 7) is 0. The van der Waals surface area contributed by atoms with Crippen molar-refractivity contribution in [2.45, 2.75) is 38.5 Å². The van der Waals surface area contributed by atoms with E-state index in [0.717, 1.165) is 23.0 Å². The maximum Gasteiger partial charge on any atom is 0.224 e. The van der Waals surface area contributed by atoms with Crippen LogP contribution in [0.1, 0.15) is 36.0 Å². The van der Waals surface area contributed by atoms with Crippen molar-refractivity contribution in [3.05, 3.63) is 71.4 Å². The van der Waals surface area contributed by atoms with E-state index in [1.54, 1.807) is 6.20 Å². The normalized spacial score (nSPS) is 13.4. The maximum atomic E-state index is 12.3. The van der Waals surface area contributed by atoms with Crippen molar-refractivity contribution in [3.8, 4) is 0 Å². The molecular formula is C22H22N2O. The Morgan fingerprint density at radius 2 is 1.84 bits per heavy atom. The Labute approximate surface area is 148 Å². The summed E-state index contributed by atoms with van der Waals surface area (Å²) in [5.41, 5.74) is 5.92. The summed E-state index contributed by atoms with van der Waals surface area (Å²) in [7, 11) is 0. The van der Waals surface area contributed by atoms with Crippen molar-refractivity contribution in [1.82, 2.24) is 4.98 Å². The zero-order chi connectivity index (χ0) is 17.1. The van der Waals surface area contributed by atoms with Gasteiger partial charge in [-0.25, -0.2) is 0 Å². The van der Waals surface area contributed by atoms with Gasteiger partial charge >= 0.3 is 0 Å². The first-order chi connectivity index (χ1) is 12.3. The van der Waals surface area contributed by atoms with Crippen molar-refractivity contribution in [2.75, 3.05) is 5.32 Å². The minimum atomic E-state index is 0.0369. The predicted molar refractivity (Wildman–Crippen MR) is 102 cm³/mol. The number of hydrogen-bond acceptors (Lipinski definition) is 2. The molecular weight excluding hydrogens is 308 g/mol. The van der Waals surface area contributed by atoms with Crippen molar-refractivity contribution < 1.29 is 4.79 Å². The number of hydrogen-bond donors (Lipinski definition) is 1. The number of fused-ring (bicyclic) bond motifs is 2. The number of amides is 1. The van der Waals surface area contributed by atoms with E-state index in [1.165, 1.54) is 42.4 Å². The van der Waals surface area contributed by atoms with E-state index >= 15 is 0 Å². The van der Waals surface area contributed by atoms with Crippen LogP contribution in [0.2, 0.25) is 0 Å². The predicted octanol–water partition coefficient (Wildman–Crippen LogP) is 4.68. The first-order valence-electron chi connectivity index (χ1n) is 9.03. The minimum absolute atomic E-state index is 0.0369. The van der Waals surface area contributed by atoms with Gasteiger partial charge in [0.25, 0.3) is 0 Å². The van der Waals surface area contributed by atoms with Gasteiger partial charge in [-0.15, -0.1) is 0 Å². The van der Waals surface area contributed by atoms with Crippen LogP contribution in [0.25, 0.3) is 10.9 Å². The highest BCUT2D eigenvalue weighted by Crippen LogP contribution is 2.23. The van der Waals surface area contributed by atoms with Gasteiger partial charge in [0.05, 0.1) is 17.4 Å². The number of anilines is 1. The summed E-state index contributed by atoms with van der Waals surface area (Å²) < 4.78 is 0. The number of aromatic nitrogens is 1. The van der Waals surface area contributed by atoms with Crippen molar-refractivity contribution in [2.24, 2.45) is 0 Å². The molecule has 1 aliphatic rings. The van der Waals surface area contributed by atoms with Gasteiger partial charge in [-0.3, -0.25) is 9.78 Å². The van der Waals surface area contributed by atoms with Crippen LogP contribution < -0.4 is 5.32 Å². The van der Waals surface area contributed by atoms with E-state index in [-0.39, 0.29) is 5.91 Å². The van der Waals surface area contributed by atoms with E-state index in [2.05, 4.69) is 28.5 Å². The van der Waals surface area contributed by atoms with E-state index in [0.29, 0.717) is 6.42 Å². The standard InChI is InChI=1S/C22H22N2O/c25-22(24-20-14-19-7-3-4-8-21(19)23-15-20)12-10-16-9-11-17-5-1-2-6-18(17)13-16/h3-4,7-9,11,13-15H,1-2,5-6,10,12H2,(H,24,25). The molecule has 0 unspecified atom stereocenters. The lowest BCUT2D eigenvalue weighted by Crippen LogP contribution is -2.13. The van der Waals surface area contributed by atoms with Crippen molar-refractivity contribution >= 4 is 22.5 Å². The molecule has 2 aromatic carbocycles. The number of para-hydroxylation sites is 1. The number of benzene rings is 2. The minimum Gasteiger partial charge on any atom is -0.325 e. The quantitative estimate of drug-likeness (QED) is 0.754. The van der Waals surface area contributed by atoms with Crippen molar-refractivity contribution in [1.29, 1.82) is 0 Å². The molecule has 1 N–H and O–H groups in total. The Kier molecular flexibility index (Phi) is 4.47. The molecule has 0 saturated carbocycles. The van der Waals surface area contributed by atoms with E-state index in [9.17, 15) is 4.79 Å². The van der Waals surface area contributed by atoms with Gasteiger partial charge in [0.15, 0.2) is 0 Å². The molecule has 0 bridgehead atoms. The molecule has 1 aliphatic carbocycles. The molecule has 1 amide bonds. The fraction of sp³-hybridized carbons (Fsp3) is 0.273. The molecule has 1 heterocycles. The molecule has 0 spiro atoms. The van der Waals surface area contributed by atoms with Gasteiger partial charge in [-0.1, -0.05) is 36.4 Å². The van der Waals surface area contributed by atoms with Gasteiger partial charge in [0.1, 0.15) is 0 Å². The molecule has 0 aliphatic heterocycles. The van der Waals surface area contributed by atoms with Gasteiger partial charge in [-0.2, -0.15) is 0 Å². The molecule has 126 valence electrons. The Balaban J connectivity index is 1.38. The third-order valence-electron chi connectivity index (χ3n) is 4.93. The third kappa shape index (κ3) is 3.71. The largest absolute Gasteiger partial charge is 0.325 e. The Morgan fingerprint density at radius 3 is 2.76 bits per heavy atom. The topological polar surface area (TPSA) is 42.0 Å². The number of carbonyl (C=O) groups excluding carboxylic acids is 1. The molecule has 3 heteroatoms. The number of rotatable bonds is 4. The average molecular weight is 330 g/mol. The van der Waals surface area contributed by atoms with Crippen LogP contribution in [-0.4, -0.2) is 10.9 Å². The van der Waals surface area contributed by atoms with Gasteiger partial charge < -0.3 is 5.32 Å². The average Bonchev–Trinajstić information content (AvgIpc) is 2.66. The number of nitrogens with one attached hydrogen (secondary N) is 1. The SMILES string of the molecule is O=C(CCc1ccc2c(c1)CCCC2)Nc1cnc2ccccc2c1. The lowest BCUT2D eigenvalue weighted by molar-refractivity contribution is -0.116. The summed E-state index contributed by atoms with van der Waals surface area (Å²) in [6.07, 6.45) is 7.95. The summed E-state index contributed by atoms with van der Waals surface area (Å²) in [5, 5.41) is 4.00. The molecule has 3 aromatic rings. The molecule has 0 fully saturated rings. The lowest BCUT2D eigenvalue weighted by Gasteiger charge is -2.16. The van der Waals surface area contributed by atoms with E-state index in [1.807, 2.05) is 30.3 Å². The van der Waals surface area contributed by atoms with Crippen LogP contribution >= 0.6 is 0 Å². The van der Waals surface area contributed by atoms with Crippen LogP contribution in [0, 0.1) is 0 Å². The fourth-order valence-corrected chi connectivity index (χ4v) is 3.56. The van der Waals surface area contributed by atoms with E-state index in [4.69, 9.17) is 0 Å². The molecule has 0 saturated heterocycles. The number of pyridine rings is 1. The molecule has 0 atom stereocenters. The number of aryl methyl sites for hydroxylation is 3. The highest BCUT2D eigenvalue weighted by Gasteiger charge is 2.10. The third-order valence-corrected chi connectivity index (χ3v) is 4.93. The second kappa shape index (κ2) is 7.06. The van der Waals surface area contributed by atoms with Crippen LogP contribution in [-0.2, 0) is 24.1 Å². The zero-order valence-corrected chi connectivity index (χ0v) is 14.3. The second-order valence-electron chi connectivity index (χ2n) is 6.78.